The van der Waals surface area contributed by atoms with Crippen LogP contribution in [0, 0.1) is 5.92 Å². The lowest BCUT2D eigenvalue weighted by atomic mass is 9.88. The normalized spacial score (nSPS) is 23.0. The van der Waals surface area contributed by atoms with Crippen molar-refractivity contribution >= 4 is 17.9 Å². The number of nitrogens with zero attached hydrogens (tertiary/aromatic N) is 2. The number of rotatable bonds is 6. The van der Waals surface area contributed by atoms with Gasteiger partial charge in [0.05, 0.1) is 0 Å². The van der Waals surface area contributed by atoms with Crippen molar-refractivity contribution in [2.75, 3.05) is 25.0 Å². The van der Waals surface area contributed by atoms with E-state index in [1.54, 1.807) is 12.1 Å². The highest BCUT2D eigenvalue weighted by Crippen LogP contribution is 2.26. The van der Waals surface area contributed by atoms with Gasteiger partial charge in [0.15, 0.2) is 0 Å². The number of carboxylic acid groups (broad SMARTS) is 1. The zero-order valence-corrected chi connectivity index (χ0v) is 15.2. The van der Waals surface area contributed by atoms with Crippen LogP contribution in [0.25, 0.3) is 6.08 Å². The van der Waals surface area contributed by atoms with Crippen molar-refractivity contribution < 1.29 is 14.3 Å². The topological polar surface area (TPSA) is 65.5 Å². The van der Waals surface area contributed by atoms with Gasteiger partial charge in [0.1, 0.15) is 5.82 Å². The van der Waals surface area contributed by atoms with E-state index >= 15 is 0 Å². The van der Waals surface area contributed by atoms with E-state index in [9.17, 15) is 9.18 Å². The first kappa shape index (κ1) is 18.8. The molecule has 5 nitrogen and oxygen atoms in total. The molecule has 2 aliphatic rings. The molecule has 0 bridgehead atoms. The number of piperidine rings is 1. The highest BCUT2D eigenvalue weighted by atomic mass is 19.1. The van der Waals surface area contributed by atoms with E-state index < -0.39 is 11.8 Å². The average Bonchev–Trinajstić information content (AvgIpc) is 2.64. The van der Waals surface area contributed by atoms with Crippen molar-refractivity contribution in [3.8, 4) is 0 Å². The lowest BCUT2D eigenvalue weighted by Crippen LogP contribution is -2.44. The molecule has 1 unspecified atom stereocenters. The Morgan fingerprint density at radius 2 is 2.08 bits per heavy atom. The van der Waals surface area contributed by atoms with E-state index in [0.29, 0.717) is 11.6 Å². The number of hydrogen-bond acceptors (Lipinski definition) is 4. The first-order valence-corrected chi connectivity index (χ1v) is 9.65. The van der Waals surface area contributed by atoms with Gasteiger partial charge in [-0.15, -0.1) is 0 Å². The zero-order valence-electron chi connectivity index (χ0n) is 15.2. The first-order valence-electron chi connectivity index (χ1n) is 9.65. The summed E-state index contributed by atoms with van der Waals surface area (Å²) in [4.78, 5) is 17.4. The summed E-state index contributed by atoms with van der Waals surface area (Å²) in [5, 5.41) is 12.0. The van der Waals surface area contributed by atoms with Crippen molar-refractivity contribution in [2.24, 2.45) is 5.92 Å². The number of pyridine rings is 1. The number of aliphatic carboxylic acids is 1. The Hall–Kier alpha value is -1.95. The summed E-state index contributed by atoms with van der Waals surface area (Å²) in [5.74, 6) is -1.14. The maximum atomic E-state index is 13.1. The summed E-state index contributed by atoms with van der Waals surface area (Å²) >= 11 is 0. The lowest BCUT2D eigenvalue weighted by Gasteiger charge is -2.36. The molecule has 3 rings (SSSR count). The molecule has 0 radical (unpaired) electrons. The minimum absolute atomic E-state index is 0.372. The molecule has 1 aliphatic carbocycles. The molecule has 0 aromatic carbocycles. The molecule has 0 spiro atoms. The third-order valence-electron chi connectivity index (χ3n) is 5.38. The third kappa shape index (κ3) is 5.53. The molecule has 2 heterocycles. The summed E-state index contributed by atoms with van der Waals surface area (Å²) in [7, 11) is 0. The van der Waals surface area contributed by atoms with Crippen molar-refractivity contribution in [3.05, 3.63) is 29.7 Å². The molecule has 1 atom stereocenters. The Balaban J connectivity index is 1.51. The SMILES string of the molecule is O=C(O)/C(F)=C\c1ccc(NC2CCCN(CC3CCCCC3)C2)nc1. The molecule has 1 aliphatic heterocycles. The number of hydrogen-bond donors (Lipinski definition) is 2. The molecule has 6 heteroatoms. The van der Waals surface area contributed by atoms with Crippen LogP contribution >= 0.6 is 0 Å². The van der Waals surface area contributed by atoms with E-state index in [4.69, 9.17) is 5.11 Å². The van der Waals surface area contributed by atoms with E-state index in [2.05, 4.69) is 15.2 Å². The molecule has 142 valence electrons. The number of carbonyl (C=O) groups is 1. The number of aromatic nitrogens is 1. The summed E-state index contributed by atoms with van der Waals surface area (Å²) in [6, 6.07) is 3.83. The largest absolute Gasteiger partial charge is 0.476 e. The van der Waals surface area contributed by atoms with Gasteiger partial charge in [-0.05, 0) is 61.9 Å². The molecular weight excluding hydrogens is 333 g/mol. The standard InChI is InChI=1S/C20H28FN3O2/c21-18(20(25)26)11-16-8-9-19(22-12-16)23-17-7-4-10-24(14-17)13-15-5-2-1-3-6-15/h8-9,11-12,15,17H,1-7,10,13-14H2,(H,22,23)(H,25,26)/b18-11+. The van der Waals surface area contributed by atoms with Crippen LogP contribution in [0.2, 0.25) is 0 Å². The molecule has 1 saturated carbocycles. The van der Waals surface area contributed by atoms with Gasteiger partial charge in [0, 0.05) is 25.3 Å². The molecular formula is C20H28FN3O2. The van der Waals surface area contributed by atoms with Gasteiger partial charge in [-0.25, -0.2) is 9.78 Å². The molecule has 1 saturated heterocycles. The highest BCUT2D eigenvalue weighted by molar-refractivity contribution is 5.89. The zero-order chi connectivity index (χ0) is 18.4. The monoisotopic (exact) mass is 361 g/mol. The van der Waals surface area contributed by atoms with Crippen molar-refractivity contribution in [2.45, 2.75) is 51.0 Å². The minimum atomic E-state index is -1.56. The van der Waals surface area contributed by atoms with Crippen molar-refractivity contribution in [1.82, 2.24) is 9.88 Å². The maximum Gasteiger partial charge on any atom is 0.364 e. The van der Waals surface area contributed by atoms with E-state index in [1.807, 2.05) is 0 Å². The second-order valence-corrected chi connectivity index (χ2v) is 7.52. The smallest absolute Gasteiger partial charge is 0.364 e. The molecule has 2 fully saturated rings. The molecule has 26 heavy (non-hydrogen) atoms. The second-order valence-electron chi connectivity index (χ2n) is 7.52. The fourth-order valence-corrected chi connectivity index (χ4v) is 4.07. The molecule has 1 aromatic rings. The summed E-state index contributed by atoms with van der Waals surface area (Å²) < 4.78 is 13.1. The quantitative estimate of drug-likeness (QED) is 0.752. The number of nitrogens with one attached hydrogen (secondary N) is 1. The fourth-order valence-electron chi connectivity index (χ4n) is 4.07. The Kier molecular flexibility index (Phi) is 6.61. The van der Waals surface area contributed by atoms with Gasteiger partial charge in [-0.3, -0.25) is 0 Å². The second kappa shape index (κ2) is 9.12. The summed E-state index contributed by atoms with van der Waals surface area (Å²) in [6.07, 6.45) is 11.7. The minimum Gasteiger partial charge on any atom is -0.476 e. The first-order chi connectivity index (χ1) is 12.6. The van der Waals surface area contributed by atoms with Gasteiger partial charge < -0.3 is 15.3 Å². The Morgan fingerprint density at radius 3 is 2.77 bits per heavy atom. The summed E-state index contributed by atoms with van der Waals surface area (Å²) in [6.45, 7) is 3.43. The third-order valence-corrected chi connectivity index (χ3v) is 5.38. The molecule has 1 aromatic heterocycles. The average molecular weight is 361 g/mol. The van der Waals surface area contributed by atoms with Gasteiger partial charge in [-0.2, -0.15) is 4.39 Å². The van der Waals surface area contributed by atoms with Crippen LogP contribution in [0.5, 0.6) is 0 Å². The van der Waals surface area contributed by atoms with E-state index in [1.165, 1.54) is 57.8 Å². The predicted molar refractivity (Wildman–Crippen MR) is 101 cm³/mol. The molecule has 2 N–H and O–H groups in total. The van der Waals surface area contributed by atoms with Crippen LogP contribution in [-0.4, -0.2) is 46.6 Å². The van der Waals surface area contributed by atoms with Crippen LogP contribution in [0.4, 0.5) is 10.2 Å². The molecule has 0 amide bonds. The van der Waals surface area contributed by atoms with Crippen molar-refractivity contribution in [1.29, 1.82) is 0 Å². The van der Waals surface area contributed by atoms with Crippen LogP contribution in [0.15, 0.2) is 24.2 Å². The Bertz CT molecular complexity index is 626. The Labute approximate surface area is 154 Å². The number of anilines is 1. The van der Waals surface area contributed by atoms with Gasteiger partial charge in [0.25, 0.3) is 0 Å². The van der Waals surface area contributed by atoms with Crippen LogP contribution in [-0.2, 0) is 4.79 Å². The van der Waals surface area contributed by atoms with Gasteiger partial charge in [-0.1, -0.05) is 19.3 Å². The highest BCUT2D eigenvalue weighted by Gasteiger charge is 2.23. The van der Waals surface area contributed by atoms with Crippen LogP contribution in [0.1, 0.15) is 50.5 Å². The maximum absolute atomic E-state index is 13.1. The van der Waals surface area contributed by atoms with E-state index in [0.717, 1.165) is 30.8 Å². The fraction of sp³-hybridized carbons (Fsp3) is 0.600. The number of carboxylic acids is 1. The Morgan fingerprint density at radius 1 is 1.27 bits per heavy atom. The number of halogens is 1. The van der Waals surface area contributed by atoms with Crippen LogP contribution < -0.4 is 5.32 Å². The van der Waals surface area contributed by atoms with Crippen molar-refractivity contribution in [3.63, 3.8) is 0 Å². The predicted octanol–water partition coefficient (Wildman–Crippen LogP) is 3.93. The van der Waals surface area contributed by atoms with E-state index in [-0.39, 0.29) is 0 Å². The lowest BCUT2D eigenvalue weighted by molar-refractivity contribution is -0.134. The van der Waals surface area contributed by atoms with Gasteiger partial charge >= 0.3 is 5.97 Å². The number of likely N-dealkylation sites (tertiary alicyclic amines) is 1. The summed E-state index contributed by atoms with van der Waals surface area (Å²) in [5.41, 5.74) is 0.443. The van der Waals surface area contributed by atoms with Crippen LogP contribution in [0.3, 0.4) is 0 Å². The van der Waals surface area contributed by atoms with Gasteiger partial charge in [0.2, 0.25) is 5.83 Å².